The zero-order valence-electron chi connectivity index (χ0n) is 9.44. The SMILES string of the molecule is CCCCC1=CC2CC1C1C(=O)OC(=O)C21. The Kier molecular flexibility index (Phi) is 2.16. The van der Waals surface area contributed by atoms with Crippen molar-refractivity contribution in [1.82, 2.24) is 0 Å². The highest BCUT2D eigenvalue weighted by atomic mass is 16.6. The van der Waals surface area contributed by atoms with E-state index in [2.05, 4.69) is 13.0 Å². The number of ether oxygens (including phenoxy) is 1. The van der Waals surface area contributed by atoms with Crippen molar-refractivity contribution < 1.29 is 14.3 Å². The van der Waals surface area contributed by atoms with Gasteiger partial charge in [-0.25, -0.2) is 0 Å². The molecule has 3 nitrogen and oxygen atoms in total. The van der Waals surface area contributed by atoms with Crippen molar-refractivity contribution in [3.05, 3.63) is 11.6 Å². The van der Waals surface area contributed by atoms with Gasteiger partial charge in [-0.05, 0) is 31.1 Å². The first kappa shape index (κ1) is 10.1. The third kappa shape index (κ3) is 1.20. The molecule has 3 rings (SSSR count). The van der Waals surface area contributed by atoms with E-state index in [1.807, 2.05) is 0 Å². The lowest BCUT2D eigenvalue weighted by molar-refractivity contribution is -0.154. The summed E-state index contributed by atoms with van der Waals surface area (Å²) in [5.74, 6) is -0.267. The molecule has 0 aromatic rings. The number of rotatable bonds is 3. The lowest BCUT2D eigenvalue weighted by Crippen LogP contribution is -2.24. The second-order valence-corrected chi connectivity index (χ2v) is 5.14. The van der Waals surface area contributed by atoms with Gasteiger partial charge in [0.15, 0.2) is 0 Å². The molecule has 1 saturated heterocycles. The van der Waals surface area contributed by atoms with Crippen LogP contribution in [0.4, 0.5) is 0 Å². The summed E-state index contributed by atoms with van der Waals surface area (Å²) < 4.78 is 4.75. The summed E-state index contributed by atoms with van der Waals surface area (Å²) in [4.78, 5) is 23.1. The maximum absolute atomic E-state index is 11.6. The number of hydrogen-bond acceptors (Lipinski definition) is 3. The van der Waals surface area contributed by atoms with E-state index >= 15 is 0 Å². The van der Waals surface area contributed by atoms with Gasteiger partial charge in [0.1, 0.15) is 0 Å². The van der Waals surface area contributed by atoms with E-state index in [-0.39, 0.29) is 29.7 Å². The number of hydrogen-bond donors (Lipinski definition) is 0. The molecular formula is C13H16O3. The molecule has 86 valence electrons. The molecule has 3 heteroatoms. The molecular weight excluding hydrogens is 204 g/mol. The van der Waals surface area contributed by atoms with Crippen LogP contribution in [-0.2, 0) is 14.3 Å². The van der Waals surface area contributed by atoms with Crippen LogP contribution in [0.25, 0.3) is 0 Å². The molecule has 2 fully saturated rings. The summed E-state index contributed by atoms with van der Waals surface area (Å²) in [6, 6.07) is 0. The van der Waals surface area contributed by atoms with Crippen LogP contribution in [0.3, 0.4) is 0 Å². The van der Waals surface area contributed by atoms with Crippen LogP contribution in [-0.4, -0.2) is 11.9 Å². The fraction of sp³-hybridized carbons (Fsp3) is 0.692. The zero-order chi connectivity index (χ0) is 11.3. The lowest BCUT2D eigenvalue weighted by Gasteiger charge is -2.20. The highest BCUT2D eigenvalue weighted by Crippen LogP contribution is 2.55. The molecule has 3 aliphatic rings. The summed E-state index contributed by atoms with van der Waals surface area (Å²) >= 11 is 0. The second-order valence-electron chi connectivity index (χ2n) is 5.14. The molecule has 0 aromatic carbocycles. The largest absolute Gasteiger partial charge is 0.393 e. The van der Waals surface area contributed by atoms with Gasteiger partial charge in [-0.2, -0.15) is 0 Å². The number of fused-ring (bicyclic) bond motifs is 5. The molecule has 0 aromatic heterocycles. The quantitative estimate of drug-likeness (QED) is 0.415. The van der Waals surface area contributed by atoms with Gasteiger partial charge in [-0.15, -0.1) is 0 Å². The van der Waals surface area contributed by atoms with Gasteiger partial charge in [0.25, 0.3) is 0 Å². The fourth-order valence-corrected chi connectivity index (χ4v) is 3.57. The first-order valence-corrected chi connectivity index (χ1v) is 6.18. The Hall–Kier alpha value is -1.12. The lowest BCUT2D eigenvalue weighted by atomic mass is 9.80. The summed E-state index contributed by atoms with van der Waals surface area (Å²) in [5, 5.41) is 0. The summed E-state index contributed by atoms with van der Waals surface area (Å²) in [7, 11) is 0. The van der Waals surface area contributed by atoms with Gasteiger partial charge in [-0.3, -0.25) is 9.59 Å². The van der Waals surface area contributed by atoms with Gasteiger partial charge in [0, 0.05) is 0 Å². The molecule has 0 N–H and O–H groups in total. The van der Waals surface area contributed by atoms with Crippen LogP contribution in [0.1, 0.15) is 32.6 Å². The minimum atomic E-state index is -0.284. The van der Waals surface area contributed by atoms with E-state index in [9.17, 15) is 9.59 Å². The maximum Gasteiger partial charge on any atom is 0.318 e. The van der Waals surface area contributed by atoms with Crippen molar-refractivity contribution in [2.75, 3.05) is 0 Å². The number of allylic oxidation sites excluding steroid dienone is 2. The van der Waals surface area contributed by atoms with E-state index in [4.69, 9.17) is 4.74 Å². The maximum atomic E-state index is 11.6. The minimum absolute atomic E-state index is 0.144. The molecule has 0 spiro atoms. The van der Waals surface area contributed by atoms with Crippen LogP contribution in [0.15, 0.2) is 11.6 Å². The summed E-state index contributed by atoms with van der Waals surface area (Å²) in [6.45, 7) is 2.17. The van der Waals surface area contributed by atoms with E-state index < -0.39 is 0 Å². The van der Waals surface area contributed by atoms with E-state index in [1.54, 1.807) is 0 Å². The zero-order valence-corrected chi connectivity index (χ0v) is 9.44. The number of cyclic esters (lactones) is 2. The van der Waals surface area contributed by atoms with Crippen molar-refractivity contribution in [1.29, 1.82) is 0 Å². The van der Waals surface area contributed by atoms with Crippen molar-refractivity contribution in [2.45, 2.75) is 32.6 Å². The predicted molar refractivity (Wildman–Crippen MR) is 57.3 cm³/mol. The Bertz CT molecular complexity index is 383. The van der Waals surface area contributed by atoms with E-state index in [1.165, 1.54) is 18.4 Å². The Labute approximate surface area is 94.8 Å². The minimum Gasteiger partial charge on any atom is -0.393 e. The number of carbonyl (C=O) groups is 2. The average Bonchev–Trinajstić information content (AvgIpc) is 2.88. The van der Waals surface area contributed by atoms with Crippen LogP contribution in [0.5, 0.6) is 0 Å². The standard InChI is InChI=1S/C13H16O3/c1-2-3-4-7-5-8-6-9(7)11-10(8)12(14)16-13(11)15/h5,8-11H,2-4,6H2,1H3. The summed E-state index contributed by atoms with van der Waals surface area (Å²) in [6.07, 6.45) is 6.67. The van der Waals surface area contributed by atoms with Gasteiger partial charge >= 0.3 is 11.9 Å². The molecule has 1 aliphatic heterocycles. The third-order valence-electron chi connectivity index (χ3n) is 4.28. The average molecular weight is 220 g/mol. The topological polar surface area (TPSA) is 43.4 Å². The number of carbonyl (C=O) groups excluding carboxylic acids is 2. The Balaban J connectivity index is 1.83. The first-order chi connectivity index (χ1) is 7.72. The predicted octanol–water partition coefficient (Wildman–Crippen LogP) is 2.07. The number of unbranched alkanes of at least 4 members (excludes halogenated alkanes) is 1. The van der Waals surface area contributed by atoms with Gasteiger partial charge in [0.2, 0.25) is 0 Å². The van der Waals surface area contributed by atoms with Crippen LogP contribution < -0.4 is 0 Å². The molecule has 2 aliphatic carbocycles. The molecule has 2 bridgehead atoms. The Morgan fingerprint density at radius 1 is 1.31 bits per heavy atom. The van der Waals surface area contributed by atoms with E-state index in [0.29, 0.717) is 5.92 Å². The van der Waals surface area contributed by atoms with E-state index in [0.717, 1.165) is 12.8 Å². The Morgan fingerprint density at radius 2 is 2.06 bits per heavy atom. The molecule has 4 unspecified atom stereocenters. The number of esters is 2. The highest BCUT2D eigenvalue weighted by molar-refractivity contribution is 5.98. The molecule has 0 amide bonds. The molecule has 16 heavy (non-hydrogen) atoms. The smallest absolute Gasteiger partial charge is 0.318 e. The van der Waals surface area contributed by atoms with Crippen LogP contribution >= 0.6 is 0 Å². The van der Waals surface area contributed by atoms with Crippen molar-refractivity contribution in [3.8, 4) is 0 Å². The monoisotopic (exact) mass is 220 g/mol. The van der Waals surface area contributed by atoms with Crippen LogP contribution in [0.2, 0.25) is 0 Å². The molecule has 4 atom stereocenters. The normalized spacial score (nSPS) is 39.9. The molecule has 1 heterocycles. The van der Waals surface area contributed by atoms with Gasteiger partial charge < -0.3 is 4.74 Å². The van der Waals surface area contributed by atoms with Crippen molar-refractivity contribution in [3.63, 3.8) is 0 Å². The fourth-order valence-electron chi connectivity index (χ4n) is 3.57. The van der Waals surface area contributed by atoms with Gasteiger partial charge in [0.05, 0.1) is 11.8 Å². The second kappa shape index (κ2) is 3.44. The van der Waals surface area contributed by atoms with Gasteiger partial charge in [-0.1, -0.05) is 25.0 Å². The third-order valence-corrected chi connectivity index (χ3v) is 4.28. The van der Waals surface area contributed by atoms with Crippen LogP contribution in [0, 0.1) is 23.7 Å². The molecule has 0 radical (unpaired) electrons. The first-order valence-electron chi connectivity index (χ1n) is 6.18. The van der Waals surface area contributed by atoms with Crippen molar-refractivity contribution >= 4 is 11.9 Å². The van der Waals surface area contributed by atoms with Crippen molar-refractivity contribution in [2.24, 2.45) is 23.7 Å². The molecule has 1 saturated carbocycles. The Morgan fingerprint density at radius 3 is 2.81 bits per heavy atom. The summed E-state index contributed by atoms with van der Waals surface area (Å²) in [5.41, 5.74) is 1.40. The highest BCUT2D eigenvalue weighted by Gasteiger charge is 2.59.